The van der Waals surface area contributed by atoms with E-state index in [0.717, 1.165) is 19.3 Å². The van der Waals surface area contributed by atoms with Crippen LogP contribution in [0.2, 0.25) is 0 Å². The van der Waals surface area contributed by atoms with E-state index in [4.69, 9.17) is 0 Å². The fourth-order valence-electron chi connectivity index (χ4n) is 12.2. The van der Waals surface area contributed by atoms with Gasteiger partial charge in [0.1, 0.15) is 0 Å². The maximum atomic E-state index is 2.67. The lowest BCUT2D eigenvalue weighted by Crippen LogP contribution is -2.30. The smallest absolute Gasteiger partial charge is 0.0689 e. The van der Waals surface area contributed by atoms with Gasteiger partial charge in [-0.3, -0.25) is 0 Å². The van der Waals surface area contributed by atoms with Crippen molar-refractivity contribution >= 4 is 11.3 Å². The molecule has 0 fully saturated rings. The van der Waals surface area contributed by atoms with E-state index in [2.05, 4.69) is 190 Å². The standard InChI is InChI=1S/C55H45N/c1-53(2)43-21-10-5-16-36(43)40-30-28-34(32-49(40)53)56(35-29-31-41-37-17-6-11-22-44(37)54(3,4)50(41)33-35)51-27-15-26-48-52(51)42-20-9-14-25-47(42)55(48)45-23-12-7-18-38(45)39-19-8-13-24-46(39)55/h5-14,16-25,27-30,32-33,41H,15,26,31H2,1-4H3. The molecule has 1 heteroatoms. The molecular weight excluding hydrogens is 675 g/mol. The van der Waals surface area contributed by atoms with Crippen LogP contribution in [0.25, 0.3) is 27.8 Å². The summed E-state index contributed by atoms with van der Waals surface area (Å²) in [5, 5.41) is 0. The number of rotatable bonds is 3. The third-order valence-electron chi connectivity index (χ3n) is 14.6. The van der Waals surface area contributed by atoms with Crippen LogP contribution in [0.15, 0.2) is 180 Å². The van der Waals surface area contributed by atoms with E-state index in [-0.39, 0.29) is 16.2 Å². The van der Waals surface area contributed by atoms with E-state index in [1.54, 1.807) is 5.57 Å². The molecule has 270 valence electrons. The summed E-state index contributed by atoms with van der Waals surface area (Å²) in [6.45, 7) is 9.69. The van der Waals surface area contributed by atoms with E-state index in [1.807, 2.05) is 0 Å². The molecule has 56 heavy (non-hydrogen) atoms. The van der Waals surface area contributed by atoms with Gasteiger partial charge in [0.05, 0.1) is 5.41 Å². The van der Waals surface area contributed by atoms with Gasteiger partial charge in [0, 0.05) is 39.4 Å². The van der Waals surface area contributed by atoms with Gasteiger partial charge in [0.25, 0.3) is 0 Å². The van der Waals surface area contributed by atoms with Crippen LogP contribution in [0.3, 0.4) is 0 Å². The number of allylic oxidation sites excluding steroid dienone is 6. The van der Waals surface area contributed by atoms with Gasteiger partial charge in [-0.25, -0.2) is 0 Å². The van der Waals surface area contributed by atoms with Crippen LogP contribution < -0.4 is 4.90 Å². The Morgan fingerprint density at radius 3 is 1.77 bits per heavy atom. The van der Waals surface area contributed by atoms with E-state index in [9.17, 15) is 0 Å². The average Bonchev–Trinajstić information content (AvgIpc) is 3.87. The third-order valence-corrected chi connectivity index (χ3v) is 14.6. The minimum atomic E-state index is -0.314. The predicted molar refractivity (Wildman–Crippen MR) is 232 cm³/mol. The van der Waals surface area contributed by atoms with Gasteiger partial charge in [0.15, 0.2) is 0 Å². The first-order valence-electron chi connectivity index (χ1n) is 20.6. The van der Waals surface area contributed by atoms with E-state index in [0.29, 0.717) is 5.92 Å². The molecule has 1 spiro atoms. The van der Waals surface area contributed by atoms with Crippen LogP contribution >= 0.6 is 0 Å². The fourth-order valence-corrected chi connectivity index (χ4v) is 12.2. The molecule has 0 aromatic heterocycles. The number of fused-ring (bicyclic) bond motifs is 15. The first kappa shape index (κ1) is 32.3. The van der Waals surface area contributed by atoms with Crippen LogP contribution in [0.5, 0.6) is 0 Å². The zero-order chi connectivity index (χ0) is 37.6. The molecule has 0 N–H and O–H groups in total. The lowest BCUT2D eigenvalue weighted by molar-refractivity contribution is 0.609. The first-order valence-corrected chi connectivity index (χ1v) is 20.6. The van der Waals surface area contributed by atoms with E-state index < -0.39 is 0 Å². The molecule has 0 saturated carbocycles. The summed E-state index contributed by atoms with van der Waals surface area (Å²) < 4.78 is 0. The largest absolute Gasteiger partial charge is 0.311 e. The van der Waals surface area contributed by atoms with Crippen molar-refractivity contribution in [2.24, 2.45) is 0 Å². The molecule has 0 heterocycles. The van der Waals surface area contributed by atoms with Crippen molar-refractivity contribution in [1.82, 2.24) is 0 Å². The van der Waals surface area contributed by atoms with Crippen LogP contribution in [-0.4, -0.2) is 0 Å². The van der Waals surface area contributed by atoms with Gasteiger partial charge >= 0.3 is 0 Å². The molecule has 0 radical (unpaired) electrons. The van der Waals surface area contributed by atoms with Gasteiger partial charge < -0.3 is 4.90 Å². The van der Waals surface area contributed by atoms with Gasteiger partial charge in [-0.15, -0.1) is 0 Å². The number of nitrogens with zero attached hydrogens (tertiary/aromatic N) is 1. The minimum Gasteiger partial charge on any atom is -0.311 e. The zero-order valence-electron chi connectivity index (χ0n) is 32.7. The van der Waals surface area contributed by atoms with Gasteiger partial charge in [-0.05, 0) is 110 Å². The molecule has 6 aliphatic carbocycles. The molecule has 6 aromatic carbocycles. The molecule has 6 aromatic rings. The van der Waals surface area contributed by atoms with Gasteiger partial charge in [-0.2, -0.15) is 0 Å². The van der Waals surface area contributed by atoms with Crippen molar-refractivity contribution in [1.29, 1.82) is 0 Å². The second-order valence-corrected chi connectivity index (χ2v) is 17.8. The molecule has 0 saturated heterocycles. The van der Waals surface area contributed by atoms with Crippen molar-refractivity contribution in [3.05, 3.63) is 225 Å². The Balaban J connectivity index is 1.11. The topological polar surface area (TPSA) is 3.24 Å². The molecule has 1 nitrogen and oxygen atoms in total. The quantitative estimate of drug-likeness (QED) is 0.176. The van der Waals surface area contributed by atoms with Crippen molar-refractivity contribution in [2.75, 3.05) is 4.90 Å². The highest BCUT2D eigenvalue weighted by molar-refractivity contribution is 6.01. The van der Waals surface area contributed by atoms with Gasteiger partial charge in [-0.1, -0.05) is 173 Å². The second-order valence-electron chi connectivity index (χ2n) is 17.8. The Labute approximate surface area is 331 Å². The summed E-state index contributed by atoms with van der Waals surface area (Å²) in [5.74, 6) is 0.414. The maximum Gasteiger partial charge on any atom is 0.0689 e. The Morgan fingerprint density at radius 2 is 1.07 bits per heavy atom. The van der Waals surface area contributed by atoms with Crippen molar-refractivity contribution in [3.63, 3.8) is 0 Å². The maximum absolute atomic E-state index is 2.67. The van der Waals surface area contributed by atoms with Crippen LogP contribution in [0, 0.1) is 0 Å². The Morgan fingerprint density at radius 1 is 0.518 bits per heavy atom. The predicted octanol–water partition coefficient (Wildman–Crippen LogP) is 13.5. The Kier molecular flexibility index (Phi) is 6.41. The van der Waals surface area contributed by atoms with E-state index >= 15 is 0 Å². The highest BCUT2D eigenvalue weighted by Gasteiger charge is 2.54. The number of hydrogen-bond donors (Lipinski definition) is 0. The molecule has 12 rings (SSSR count). The summed E-state index contributed by atoms with van der Waals surface area (Å²) in [4.78, 5) is 2.67. The molecule has 1 unspecified atom stereocenters. The molecule has 6 aliphatic rings. The lowest BCUT2D eigenvalue weighted by atomic mass is 9.68. The summed E-state index contributed by atoms with van der Waals surface area (Å²) in [5.41, 5.74) is 24.8. The van der Waals surface area contributed by atoms with Gasteiger partial charge in [0.2, 0.25) is 0 Å². The van der Waals surface area contributed by atoms with Crippen molar-refractivity contribution in [3.8, 4) is 22.3 Å². The van der Waals surface area contributed by atoms with Crippen LogP contribution in [-0.2, 0) is 16.2 Å². The molecule has 0 bridgehead atoms. The normalized spacial score (nSPS) is 20.4. The van der Waals surface area contributed by atoms with Crippen LogP contribution in [0.1, 0.15) is 97.4 Å². The molecule has 1 atom stereocenters. The summed E-state index contributed by atoms with van der Waals surface area (Å²) in [6, 6.07) is 53.3. The monoisotopic (exact) mass is 719 g/mol. The molecule has 0 aliphatic heterocycles. The highest BCUT2D eigenvalue weighted by atomic mass is 15.2. The summed E-state index contributed by atoms with van der Waals surface area (Å²) >= 11 is 0. The summed E-state index contributed by atoms with van der Waals surface area (Å²) in [7, 11) is 0. The number of anilines is 1. The number of benzene rings is 6. The average molecular weight is 720 g/mol. The Hall–Kier alpha value is -5.92. The van der Waals surface area contributed by atoms with Crippen LogP contribution in [0.4, 0.5) is 5.69 Å². The fraction of sp³-hybridized carbons (Fsp3) is 0.200. The highest BCUT2D eigenvalue weighted by Crippen LogP contribution is 2.65. The van der Waals surface area contributed by atoms with Crippen molar-refractivity contribution in [2.45, 2.75) is 69.1 Å². The SMILES string of the molecule is CC1(C)C2=CC(N(C3=CCCC4=C3c3ccccc3C43c4ccccc4-c4ccccc43)c3ccc4c(c3)C(C)(C)c3ccccc3-4)=CCC2c2ccccc21. The molecule has 0 amide bonds. The summed E-state index contributed by atoms with van der Waals surface area (Å²) in [6.07, 6.45) is 10.7. The molecular formula is C55H45N. The third kappa shape index (κ3) is 3.91. The van der Waals surface area contributed by atoms with Crippen molar-refractivity contribution < 1.29 is 0 Å². The first-order chi connectivity index (χ1) is 27.3. The second kappa shape index (κ2) is 11.1. The number of hydrogen-bond acceptors (Lipinski definition) is 1. The zero-order valence-corrected chi connectivity index (χ0v) is 32.7. The van der Waals surface area contributed by atoms with E-state index in [1.165, 1.54) is 95.0 Å². The lowest BCUT2D eigenvalue weighted by Gasteiger charge is -2.38. The minimum absolute atomic E-state index is 0.0410. The Bertz CT molecular complexity index is 2800.